The Kier molecular flexibility index (Phi) is 5.16. The van der Waals surface area contributed by atoms with Crippen LogP contribution in [0, 0.1) is 0 Å². The van der Waals surface area contributed by atoms with Gasteiger partial charge in [-0.15, -0.1) is 0 Å². The van der Waals surface area contributed by atoms with Crippen molar-refractivity contribution in [3.63, 3.8) is 0 Å². The van der Waals surface area contributed by atoms with Crippen molar-refractivity contribution in [3.8, 4) is 0 Å². The Morgan fingerprint density at radius 3 is 2.41 bits per heavy atom. The fourth-order valence-electron chi connectivity index (χ4n) is 1.34. The molecular formula is C12H17N3O2. The van der Waals surface area contributed by atoms with Crippen LogP contribution in [-0.4, -0.2) is 32.0 Å². The highest BCUT2D eigenvalue weighted by Gasteiger charge is 2.06. The van der Waals surface area contributed by atoms with E-state index in [4.69, 9.17) is 5.73 Å². The van der Waals surface area contributed by atoms with Crippen LogP contribution in [0.1, 0.15) is 15.9 Å². The molecule has 0 saturated carbocycles. The smallest absolute Gasteiger partial charge is 0.251 e. The average molecular weight is 235 g/mol. The maximum Gasteiger partial charge on any atom is 0.251 e. The van der Waals surface area contributed by atoms with Gasteiger partial charge in [0, 0.05) is 12.6 Å². The second-order valence-corrected chi connectivity index (χ2v) is 3.59. The fraction of sp³-hybridized carbons (Fsp3) is 0.333. The summed E-state index contributed by atoms with van der Waals surface area (Å²) in [6, 6.07) is 7.18. The molecule has 4 N–H and O–H groups in total. The third kappa shape index (κ3) is 4.24. The minimum Gasteiger partial charge on any atom is -0.358 e. The van der Waals surface area contributed by atoms with Gasteiger partial charge < -0.3 is 16.4 Å². The molecule has 5 heteroatoms. The summed E-state index contributed by atoms with van der Waals surface area (Å²) in [5, 5.41) is 4.96. The summed E-state index contributed by atoms with van der Waals surface area (Å²) in [7, 11) is 1.52. The summed E-state index contributed by atoms with van der Waals surface area (Å²) in [5.41, 5.74) is 7.06. The molecule has 92 valence electrons. The van der Waals surface area contributed by atoms with Gasteiger partial charge in [0.05, 0.1) is 6.54 Å². The van der Waals surface area contributed by atoms with Crippen molar-refractivity contribution in [2.75, 3.05) is 20.1 Å². The van der Waals surface area contributed by atoms with E-state index in [0.29, 0.717) is 12.1 Å². The number of nitrogens with two attached hydrogens (primary N) is 1. The number of likely N-dealkylation sites (N-methyl/N-ethyl adjacent to an activating group) is 1. The van der Waals surface area contributed by atoms with Crippen molar-refractivity contribution < 1.29 is 9.59 Å². The van der Waals surface area contributed by atoms with Gasteiger partial charge in [0.2, 0.25) is 5.91 Å². The molecule has 0 fully saturated rings. The summed E-state index contributed by atoms with van der Waals surface area (Å²) in [6.45, 7) is 0.572. The molecular weight excluding hydrogens is 218 g/mol. The molecule has 0 aliphatic rings. The number of hydrogen-bond donors (Lipinski definition) is 3. The number of amides is 2. The molecule has 0 aliphatic carbocycles. The number of carbonyl (C=O) groups excluding carboxylic acids is 2. The summed E-state index contributed by atoms with van der Waals surface area (Å²) in [4.78, 5) is 22.6. The van der Waals surface area contributed by atoms with Crippen molar-refractivity contribution in [3.05, 3.63) is 35.4 Å². The predicted octanol–water partition coefficient (Wildman–Crippen LogP) is -0.336. The van der Waals surface area contributed by atoms with Gasteiger partial charge in [0.1, 0.15) is 0 Å². The molecule has 0 spiro atoms. The van der Waals surface area contributed by atoms with Crippen LogP contribution in [-0.2, 0) is 11.2 Å². The Morgan fingerprint density at radius 1 is 1.24 bits per heavy atom. The quantitative estimate of drug-likeness (QED) is 0.653. The van der Waals surface area contributed by atoms with E-state index in [2.05, 4.69) is 10.6 Å². The number of hydrogen-bond acceptors (Lipinski definition) is 3. The molecule has 2 amide bonds. The fourth-order valence-corrected chi connectivity index (χ4v) is 1.34. The van der Waals surface area contributed by atoms with Gasteiger partial charge in [0.25, 0.3) is 5.91 Å². The van der Waals surface area contributed by atoms with Crippen molar-refractivity contribution in [2.24, 2.45) is 5.73 Å². The molecule has 0 heterocycles. The van der Waals surface area contributed by atoms with Crippen LogP contribution >= 0.6 is 0 Å². The largest absolute Gasteiger partial charge is 0.358 e. The van der Waals surface area contributed by atoms with E-state index >= 15 is 0 Å². The maximum atomic E-state index is 11.6. The van der Waals surface area contributed by atoms with Crippen molar-refractivity contribution in [2.45, 2.75) is 6.42 Å². The second kappa shape index (κ2) is 6.65. The molecule has 0 atom stereocenters. The maximum absolute atomic E-state index is 11.6. The Balaban J connectivity index is 2.54. The van der Waals surface area contributed by atoms with Crippen molar-refractivity contribution >= 4 is 11.8 Å². The van der Waals surface area contributed by atoms with E-state index in [1.165, 1.54) is 7.05 Å². The lowest BCUT2D eigenvalue weighted by molar-refractivity contribution is -0.119. The monoisotopic (exact) mass is 235 g/mol. The standard InChI is InChI=1S/C12H17N3O2/c1-14-11(16)8-15-12(17)10-4-2-9(3-5-10)6-7-13/h2-5H,6-8,13H2,1H3,(H,14,16)(H,15,17). The lowest BCUT2D eigenvalue weighted by atomic mass is 10.1. The number of benzene rings is 1. The molecule has 0 bridgehead atoms. The van der Waals surface area contributed by atoms with E-state index < -0.39 is 0 Å². The molecule has 0 radical (unpaired) electrons. The molecule has 0 aromatic heterocycles. The van der Waals surface area contributed by atoms with Gasteiger partial charge >= 0.3 is 0 Å². The Bertz CT molecular complexity index is 387. The Morgan fingerprint density at radius 2 is 1.88 bits per heavy atom. The van der Waals surface area contributed by atoms with Gasteiger partial charge in [-0.2, -0.15) is 0 Å². The van der Waals surface area contributed by atoms with E-state index in [1.54, 1.807) is 12.1 Å². The Labute approximate surface area is 100 Å². The molecule has 1 aromatic carbocycles. The van der Waals surface area contributed by atoms with Crippen LogP contribution in [0.2, 0.25) is 0 Å². The van der Waals surface area contributed by atoms with Crippen LogP contribution in [0.15, 0.2) is 24.3 Å². The summed E-state index contributed by atoms with van der Waals surface area (Å²) in [6.07, 6.45) is 0.792. The van der Waals surface area contributed by atoms with Gasteiger partial charge in [-0.1, -0.05) is 12.1 Å². The van der Waals surface area contributed by atoms with Crippen molar-refractivity contribution in [1.82, 2.24) is 10.6 Å². The van der Waals surface area contributed by atoms with Crippen LogP contribution in [0.4, 0.5) is 0 Å². The van der Waals surface area contributed by atoms with E-state index in [9.17, 15) is 9.59 Å². The third-order valence-electron chi connectivity index (χ3n) is 2.34. The lowest BCUT2D eigenvalue weighted by Gasteiger charge is -2.05. The topological polar surface area (TPSA) is 84.2 Å². The SMILES string of the molecule is CNC(=O)CNC(=O)c1ccc(CCN)cc1. The Hall–Kier alpha value is -1.88. The minimum absolute atomic E-state index is 0.0140. The van der Waals surface area contributed by atoms with Gasteiger partial charge in [-0.3, -0.25) is 9.59 Å². The molecule has 0 aliphatic heterocycles. The van der Waals surface area contributed by atoms with Gasteiger partial charge in [-0.05, 0) is 30.7 Å². The molecule has 17 heavy (non-hydrogen) atoms. The van der Waals surface area contributed by atoms with E-state index in [-0.39, 0.29) is 18.4 Å². The first-order chi connectivity index (χ1) is 8.17. The van der Waals surface area contributed by atoms with Crippen LogP contribution in [0.5, 0.6) is 0 Å². The number of nitrogens with one attached hydrogen (secondary N) is 2. The molecule has 1 rings (SSSR count). The summed E-state index contributed by atoms with van der Waals surface area (Å²) in [5.74, 6) is -0.481. The van der Waals surface area contributed by atoms with Gasteiger partial charge in [0.15, 0.2) is 0 Å². The zero-order valence-electron chi connectivity index (χ0n) is 9.82. The highest BCUT2D eigenvalue weighted by Crippen LogP contribution is 2.04. The number of rotatable bonds is 5. The number of carbonyl (C=O) groups is 2. The molecule has 0 saturated heterocycles. The van der Waals surface area contributed by atoms with E-state index in [1.807, 2.05) is 12.1 Å². The van der Waals surface area contributed by atoms with Crippen LogP contribution in [0.25, 0.3) is 0 Å². The van der Waals surface area contributed by atoms with Crippen molar-refractivity contribution in [1.29, 1.82) is 0 Å². The normalized spacial score (nSPS) is 9.76. The summed E-state index contributed by atoms with van der Waals surface area (Å²) >= 11 is 0. The third-order valence-corrected chi connectivity index (χ3v) is 2.34. The second-order valence-electron chi connectivity index (χ2n) is 3.59. The minimum atomic E-state index is -0.257. The molecule has 5 nitrogen and oxygen atoms in total. The average Bonchev–Trinajstić information content (AvgIpc) is 2.36. The molecule has 0 unspecified atom stereocenters. The van der Waals surface area contributed by atoms with E-state index in [0.717, 1.165) is 12.0 Å². The molecule has 1 aromatic rings. The first kappa shape index (κ1) is 13.2. The highest BCUT2D eigenvalue weighted by atomic mass is 16.2. The predicted molar refractivity (Wildman–Crippen MR) is 65.6 cm³/mol. The van der Waals surface area contributed by atoms with Crippen LogP contribution in [0.3, 0.4) is 0 Å². The first-order valence-corrected chi connectivity index (χ1v) is 5.45. The first-order valence-electron chi connectivity index (χ1n) is 5.45. The highest BCUT2D eigenvalue weighted by molar-refractivity contribution is 5.96. The zero-order valence-corrected chi connectivity index (χ0v) is 9.82. The summed E-state index contributed by atoms with van der Waals surface area (Å²) < 4.78 is 0. The van der Waals surface area contributed by atoms with Gasteiger partial charge in [-0.25, -0.2) is 0 Å². The zero-order chi connectivity index (χ0) is 12.7. The lowest BCUT2D eigenvalue weighted by Crippen LogP contribution is -2.35. The van der Waals surface area contributed by atoms with Crippen LogP contribution < -0.4 is 16.4 Å².